The maximum atomic E-state index is 13.0. The summed E-state index contributed by atoms with van der Waals surface area (Å²) in [6.07, 6.45) is 38.7. The van der Waals surface area contributed by atoms with Crippen LogP contribution in [0.15, 0.2) is 0 Å². The number of hydrogen-bond acceptors (Lipinski definition) is 1. The third-order valence-corrected chi connectivity index (χ3v) is 8.41. The first-order valence-corrected chi connectivity index (χ1v) is 17.3. The third kappa shape index (κ3) is 27.0. The zero-order valence-corrected chi connectivity index (χ0v) is 25.8. The number of nitrogens with zero attached hydrogens (tertiary/aromatic N) is 1. The Hall–Kier alpha value is -0.0800. The molecular weight excluding hydrogens is 438 g/mol. The van der Waals surface area contributed by atoms with Gasteiger partial charge in [0.15, 0.2) is 0 Å². The highest BCUT2D eigenvalue weighted by Gasteiger charge is 2.13. The molecule has 0 saturated carbocycles. The molecule has 0 rings (SSSR count). The van der Waals surface area contributed by atoms with Crippen LogP contribution in [0.25, 0.3) is 0 Å². The third-order valence-electron chi connectivity index (χ3n) is 8.41. The summed E-state index contributed by atoms with van der Waals surface area (Å²) in [5, 5.41) is 13.0. The van der Waals surface area contributed by atoms with E-state index >= 15 is 0 Å². The fourth-order valence-corrected chi connectivity index (χ4v) is 5.62. The van der Waals surface area contributed by atoms with Crippen molar-refractivity contribution in [1.29, 1.82) is 0 Å². The number of hydrogen-bond donors (Lipinski definition) is 0. The minimum Gasteiger partial charge on any atom is -0.633 e. The first kappa shape index (κ1) is 35.9. The number of unbranched alkanes of at least 4 members (excludes halogenated alkanes) is 26. The van der Waals surface area contributed by atoms with Crippen LogP contribution in [0.3, 0.4) is 0 Å². The molecule has 0 unspecified atom stereocenters. The van der Waals surface area contributed by atoms with Gasteiger partial charge in [0.1, 0.15) is 0 Å². The normalized spacial score (nSPS) is 12.0. The maximum Gasteiger partial charge on any atom is 0.0783 e. The number of hydroxylamine groups is 3. The second-order valence-corrected chi connectivity index (χ2v) is 12.0. The predicted molar refractivity (Wildman–Crippen MR) is 165 cm³/mol. The number of quaternary nitrogens is 1. The lowest BCUT2D eigenvalue weighted by Gasteiger charge is -2.42. The van der Waals surface area contributed by atoms with Gasteiger partial charge in [-0.1, -0.05) is 168 Å². The Morgan fingerprint density at radius 2 is 0.500 bits per heavy atom. The Morgan fingerprint density at radius 3 is 0.694 bits per heavy atom. The average Bonchev–Trinajstić information content (AvgIpc) is 2.89. The van der Waals surface area contributed by atoms with Gasteiger partial charge in [-0.25, -0.2) is 0 Å². The molecule has 0 N–H and O–H groups in total. The van der Waals surface area contributed by atoms with Crippen LogP contribution in [0.2, 0.25) is 0 Å². The molecule has 0 saturated heterocycles. The van der Waals surface area contributed by atoms with Crippen LogP contribution < -0.4 is 0 Å². The largest absolute Gasteiger partial charge is 0.633 e. The van der Waals surface area contributed by atoms with E-state index in [1.807, 2.05) is 0 Å². The molecule has 36 heavy (non-hydrogen) atoms. The molecule has 0 fully saturated rings. The standard InChI is InChI=1S/C34H71NO/c1-4-7-9-11-13-15-17-19-21-23-25-27-29-31-33-35(36,6-3)34-32-30-28-26-24-22-20-18-16-14-12-10-8-5-2/h4-34H2,1-3H3. The molecule has 0 aromatic heterocycles. The second kappa shape index (κ2) is 29.5. The molecule has 0 amide bonds. The molecule has 0 bridgehead atoms. The quantitative estimate of drug-likeness (QED) is 0.0517. The zero-order chi connectivity index (χ0) is 26.4. The average molecular weight is 510 g/mol. The van der Waals surface area contributed by atoms with Gasteiger partial charge in [-0.05, 0) is 32.6 Å². The van der Waals surface area contributed by atoms with Gasteiger partial charge in [0.25, 0.3) is 0 Å². The Bertz CT molecular complexity index is 365. The van der Waals surface area contributed by atoms with E-state index in [4.69, 9.17) is 0 Å². The van der Waals surface area contributed by atoms with Crippen molar-refractivity contribution in [3.63, 3.8) is 0 Å². The van der Waals surface area contributed by atoms with Crippen LogP contribution in [0, 0.1) is 5.21 Å². The highest BCUT2D eigenvalue weighted by Crippen LogP contribution is 2.17. The number of rotatable bonds is 31. The molecule has 218 valence electrons. The zero-order valence-electron chi connectivity index (χ0n) is 25.8. The highest BCUT2D eigenvalue weighted by atomic mass is 16.5. The minimum atomic E-state index is 0.0660. The van der Waals surface area contributed by atoms with Crippen molar-refractivity contribution >= 4 is 0 Å². The van der Waals surface area contributed by atoms with Gasteiger partial charge in [-0.2, -0.15) is 0 Å². The molecule has 2 nitrogen and oxygen atoms in total. The lowest BCUT2D eigenvalue weighted by atomic mass is 10.0. The topological polar surface area (TPSA) is 23.1 Å². The van der Waals surface area contributed by atoms with Gasteiger partial charge < -0.3 is 9.85 Å². The van der Waals surface area contributed by atoms with Crippen LogP contribution in [0.1, 0.15) is 201 Å². The van der Waals surface area contributed by atoms with E-state index < -0.39 is 0 Å². The van der Waals surface area contributed by atoms with E-state index in [0.29, 0.717) is 0 Å². The molecule has 0 radical (unpaired) electrons. The van der Waals surface area contributed by atoms with E-state index in [-0.39, 0.29) is 4.65 Å². The summed E-state index contributed by atoms with van der Waals surface area (Å²) in [6, 6.07) is 0. The van der Waals surface area contributed by atoms with Crippen LogP contribution in [0.4, 0.5) is 0 Å². The van der Waals surface area contributed by atoms with Crippen LogP contribution >= 0.6 is 0 Å². The van der Waals surface area contributed by atoms with Crippen molar-refractivity contribution in [2.45, 2.75) is 201 Å². The smallest absolute Gasteiger partial charge is 0.0783 e. The fraction of sp³-hybridized carbons (Fsp3) is 1.00. The Labute approximate surface area is 230 Å². The van der Waals surface area contributed by atoms with Gasteiger partial charge in [0.2, 0.25) is 0 Å². The summed E-state index contributed by atoms with van der Waals surface area (Å²) in [4.78, 5) is 0. The minimum absolute atomic E-state index is 0.0660. The van der Waals surface area contributed by atoms with E-state index in [0.717, 1.165) is 32.5 Å². The summed E-state index contributed by atoms with van der Waals surface area (Å²) in [5.74, 6) is 0. The van der Waals surface area contributed by atoms with Crippen molar-refractivity contribution in [3.05, 3.63) is 5.21 Å². The van der Waals surface area contributed by atoms with Gasteiger partial charge in [0.05, 0.1) is 19.6 Å². The molecule has 0 spiro atoms. The first-order valence-electron chi connectivity index (χ1n) is 17.3. The Balaban J connectivity index is 3.41. The first-order chi connectivity index (χ1) is 17.7. The summed E-state index contributed by atoms with van der Waals surface area (Å²) < 4.78 is 0.0660. The van der Waals surface area contributed by atoms with E-state index in [1.165, 1.54) is 167 Å². The SMILES string of the molecule is CCCCCCCCCCCCCCCC[N+]([O-])(CC)CCCCCCCCCCCCCCCC. The van der Waals surface area contributed by atoms with Crippen molar-refractivity contribution in [2.75, 3.05) is 19.6 Å². The predicted octanol–water partition coefficient (Wildman–Crippen LogP) is 12.3. The van der Waals surface area contributed by atoms with Crippen molar-refractivity contribution in [1.82, 2.24) is 0 Å². The monoisotopic (exact) mass is 510 g/mol. The van der Waals surface area contributed by atoms with Crippen LogP contribution in [-0.2, 0) is 0 Å². The van der Waals surface area contributed by atoms with E-state index in [2.05, 4.69) is 20.8 Å². The van der Waals surface area contributed by atoms with Crippen molar-refractivity contribution in [2.24, 2.45) is 0 Å². The molecule has 0 aliphatic heterocycles. The summed E-state index contributed by atoms with van der Waals surface area (Å²) in [5.41, 5.74) is 0. The molecular formula is C34H71NO. The van der Waals surface area contributed by atoms with Gasteiger partial charge in [-0.15, -0.1) is 0 Å². The molecule has 0 aliphatic rings. The molecule has 2 heteroatoms. The highest BCUT2D eigenvalue weighted by molar-refractivity contribution is 4.53. The molecule has 0 aliphatic carbocycles. The van der Waals surface area contributed by atoms with Gasteiger partial charge in [-0.3, -0.25) is 0 Å². The van der Waals surface area contributed by atoms with E-state index in [1.54, 1.807) is 0 Å². The fourth-order valence-electron chi connectivity index (χ4n) is 5.62. The summed E-state index contributed by atoms with van der Waals surface area (Å²) in [6.45, 7) is 9.15. The maximum absolute atomic E-state index is 13.0. The Kier molecular flexibility index (Phi) is 29.4. The van der Waals surface area contributed by atoms with Crippen LogP contribution in [0.5, 0.6) is 0 Å². The van der Waals surface area contributed by atoms with Crippen LogP contribution in [-0.4, -0.2) is 24.3 Å². The molecule has 0 aromatic carbocycles. The molecule has 0 aromatic rings. The molecule has 0 heterocycles. The van der Waals surface area contributed by atoms with Gasteiger partial charge >= 0.3 is 0 Å². The van der Waals surface area contributed by atoms with Gasteiger partial charge in [0, 0.05) is 0 Å². The summed E-state index contributed by atoms with van der Waals surface area (Å²) in [7, 11) is 0. The van der Waals surface area contributed by atoms with Crippen molar-refractivity contribution < 1.29 is 4.65 Å². The van der Waals surface area contributed by atoms with E-state index in [9.17, 15) is 5.21 Å². The Morgan fingerprint density at radius 1 is 0.306 bits per heavy atom. The lowest BCUT2D eigenvalue weighted by molar-refractivity contribution is -0.879. The molecule has 0 atom stereocenters. The lowest BCUT2D eigenvalue weighted by Crippen LogP contribution is -2.43. The van der Waals surface area contributed by atoms with Crippen molar-refractivity contribution in [3.8, 4) is 0 Å². The second-order valence-electron chi connectivity index (χ2n) is 12.0. The summed E-state index contributed by atoms with van der Waals surface area (Å²) >= 11 is 0.